The summed E-state index contributed by atoms with van der Waals surface area (Å²) in [6.45, 7) is 6.10. The molecule has 93 heavy (non-hydrogen) atoms. The Balaban J connectivity index is 0.000000153. The lowest BCUT2D eigenvalue weighted by Crippen LogP contribution is -2.21. The van der Waals surface area contributed by atoms with Gasteiger partial charge in [0.05, 0.1) is 59.3 Å². The van der Waals surface area contributed by atoms with Crippen LogP contribution < -0.4 is 44.6 Å². The Morgan fingerprint density at radius 1 is 0.430 bits per heavy atom. The van der Waals surface area contributed by atoms with Gasteiger partial charge in [0, 0.05) is 45.6 Å². The van der Waals surface area contributed by atoms with Crippen LogP contribution in [0.15, 0.2) is 159 Å². The first-order valence-electron chi connectivity index (χ1n) is 29.3. The molecule has 13 N–H and O–H groups in total. The molecule has 0 spiro atoms. The number of fused-ring (bicyclic) bond motifs is 3. The van der Waals surface area contributed by atoms with Gasteiger partial charge in [-0.25, -0.2) is 28.8 Å². The topological polar surface area (TPSA) is 439 Å². The number of para-hydroxylation sites is 6. The maximum Gasteiger partial charge on any atom is 0.238 e. The highest BCUT2D eigenvalue weighted by Gasteiger charge is 2.25. The number of benzene rings is 6. The van der Waals surface area contributed by atoms with Gasteiger partial charge in [-0.3, -0.25) is 28.8 Å². The minimum absolute atomic E-state index is 0.0106. The second kappa shape index (κ2) is 29.0. The lowest BCUT2D eigenvalue weighted by molar-refractivity contribution is -0.120. The van der Waals surface area contributed by atoms with E-state index in [9.17, 15) is 28.8 Å². The first-order chi connectivity index (χ1) is 45.0. The molecular formula is C64H64N20O9. The van der Waals surface area contributed by atoms with E-state index in [-0.39, 0.29) is 108 Å². The van der Waals surface area contributed by atoms with Gasteiger partial charge in [-0.05, 0) is 160 Å². The third-order valence-electron chi connectivity index (χ3n) is 14.7. The first kappa shape index (κ1) is 63.9. The van der Waals surface area contributed by atoms with Crippen molar-refractivity contribution in [2.24, 2.45) is 23.3 Å². The standard InChI is InChI=1S/C24H27N7O3.C21H20N6O3.C19H17N7O3/c1-15(6-4-5-13-25)24(33)27-17-11-9-16(10-12-17)20(32)14-31-19-8-3-2-7-18(19)28-23(31)21-22(26)30-34-29-21;1-12(2)21(29)23-14-9-7-13(8-10-14)17(28)11-27-16-6-4-3-5-15(16)24-20(27)18-19(22)26-30-25-18;20-9-16(28)22-12-7-5-11(6-8-12)15(27)10-26-14-4-2-1-3-13(14)23-19(26)17-18(21)25-29-24-17/h2-3,7-12,15H,4-6,13-14,25H2,1H3,(H2,26,30)(H,27,33);3-10,12H,11H2,1-2H3,(H2,22,26)(H,23,29);1-8H,9-10,20H2,(H2,21,25)(H,22,28)/t15-;;/m0../s1. The zero-order valence-corrected chi connectivity index (χ0v) is 50.6. The number of nitrogens with zero attached hydrogens (tertiary/aromatic N) is 12. The van der Waals surface area contributed by atoms with Crippen molar-refractivity contribution >= 4 is 103 Å². The van der Waals surface area contributed by atoms with Crippen LogP contribution in [-0.2, 0) is 34.0 Å². The van der Waals surface area contributed by atoms with Crippen molar-refractivity contribution in [3.8, 4) is 34.6 Å². The summed E-state index contributed by atoms with van der Waals surface area (Å²) in [7, 11) is 0. The fraction of sp³-hybridized carbons (Fsp3) is 0.203. The minimum atomic E-state index is -0.308. The molecule has 0 radical (unpaired) electrons. The van der Waals surface area contributed by atoms with Gasteiger partial charge in [0.2, 0.25) is 17.7 Å². The Bertz CT molecular complexity index is 4640. The van der Waals surface area contributed by atoms with Gasteiger partial charge in [0.25, 0.3) is 0 Å². The number of Topliss-reactive ketones (excluding diaryl/α,β-unsaturated/α-hetero) is 3. The minimum Gasteiger partial charge on any atom is -0.379 e. The number of rotatable bonds is 22. The van der Waals surface area contributed by atoms with Gasteiger partial charge in [0.15, 0.2) is 69.4 Å². The SMILES string of the molecule is CC(C)C(=O)Nc1ccc(C(=O)Cn2c(-c3nonc3N)nc3ccccc32)cc1.C[C@@H](CCCCN)C(=O)Nc1ccc(C(=O)Cn2c(-c3nonc3N)nc3ccccc32)cc1.NCC(=O)Nc1ccc(C(=O)Cn2c(-c3nonc3N)nc3ccccc32)cc1. The second-order valence-electron chi connectivity index (χ2n) is 21.6. The van der Waals surface area contributed by atoms with Crippen LogP contribution in [0.3, 0.4) is 0 Å². The molecule has 6 heterocycles. The lowest BCUT2D eigenvalue weighted by atomic mass is 10.0. The highest BCUT2D eigenvalue weighted by molar-refractivity contribution is 6.01. The molecule has 1 atom stereocenters. The van der Waals surface area contributed by atoms with Crippen molar-refractivity contribution < 1.29 is 42.7 Å². The van der Waals surface area contributed by atoms with E-state index in [2.05, 4.69) is 66.5 Å². The largest absolute Gasteiger partial charge is 0.379 e. The van der Waals surface area contributed by atoms with Gasteiger partial charge in [-0.15, -0.1) is 0 Å². The molecule has 0 aliphatic rings. The van der Waals surface area contributed by atoms with Crippen LogP contribution in [0, 0.1) is 11.8 Å². The smallest absolute Gasteiger partial charge is 0.238 e. The molecule has 0 fully saturated rings. The number of carbonyl (C=O) groups excluding carboxylic acids is 6. The van der Waals surface area contributed by atoms with Crippen molar-refractivity contribution in [1.82, 2.24) is 59.6 Å². The maximum atomic E-state index is 13.1. The Morgan fingerprint density at radius 2 is 0.763 bits per heavy atom. The molecule has 12 aromatic rings. The number of hydrogen-bond acceptors (Lipinski definition) is 23. The van der Waals surface area contributed by atoms with Gasteiger partial charge >= 0.3 is 0 Å². The average molecular weight is 1260 g/mol. The highest BCUT2D eigenvalue weighted by Crippen LogP contribution is 2.31. The van der Waals surface area contributed by atoms with E-state index in [1.807, 2.05) is 93.6 Å². The first-order valence-corrected chi connectivity index (χ1v) is 29.3. The molecule has 29 heteroatoms. The van der Waals surface area contributed by atoms with Crippen LogP contribution >= 0.6 is 0 Å². The van der Waals surface area contributed by atoms with E-state index >= 15 is 0 Å². The number of ketones is 3. The Hall–Kier alpha value is -12.1. The van der Waals surface area contributed by atoms with Crippen molar-refractivity contribution in [3.05, 3.63) is 162 Å². The van der Waals surface area contributed by atoms with Crippen molar-refractivity contribution in [1.29, 1.82) is 0 Å². The predicted molar refractivity (Wildman–Crippen MR) is 346 cm³/mol. The molecule has 0 saturated heterocycles. The van der Waals surface area contributed by atoms with E-state index in [1.54, 1.807) is 86.5 Å². The molecular weight excluding hydrogens is 1190 g/mol. The number of nitrogens with one attached hydrogen (secondary N) is 3. The third kappa shape index (κ3) is 15.0. The monoisotopic (exact) mass is 1260 g/mol. The van der Waals surface area contributed by atoms with Gasteiger partial charge < -0.3 is 58.3 Å². The van der Waals surface area contributed by atoms with Crippen molar-refractivity contribution in [2.45, 2.75) is 59.7 Å². The van der Waals surface area contributed by atoms with E-state index in [4.69, 9.17) is 37.9 Å². The quantitative estimate of drug-likeness (QED) is 0.0236. The Labute approximate surface area is 529 Å². The molecule has 6 aromatic carbocycles. The van der Waals surface area contributed by atoms with Crippen LogP contribution in [0.5, 0.6) is 0 Å². The van der Waals surface area contributed by atoms with E-state index < -0.39 is 0 Å². The molecule has 29 nitrogen and oxygen atoms in total. The second-order valence-corrected chi connectivity index (χ2v) is 21.6. The molecule has 3 amide bonds. The zero-order valence-electron chi connectivity index (χ0n) is 50.6. The van der Waals surface area contributed by atoms with Crippen LogP contribution in [-0.4, -0.2) is 108 Å². The van der Waals surface area contributed by atoms with E-state index in [1.165, 1.54) is 0 Å². The van der Waals surface area contributed by atoms with Gasteiger partial charge in [0.1, 0.15) is 0 Å². The number of unbranched alkanes of at least 4 members (excludes halogenated alkanes) is 1. The van der Waals surface area contributed by atoms with Crippen molar-refractivity contribution in [2.75, 3.05) is 46.2 Å². The Kier molecular flexibility index (Phi) is 19.9. The van der Waals surface area contributed by atoms with Crippen molar-refractivity contribution in [3.63, 3.8) is 0 Å². The number of aromatic nitrogens is 12. The van der Waals surface area contributed by atoms with Crippen LogP contribution in [0.4, 0.5) is 34.5 Å². The molecule has 0 saturated carbocycles. The summed E-state index contributed by atoms with van der Waals surface area (Å²) < 4.78 is 19.3. The fourth-order valence-corrected chi connectivity index (χ4v) is 9.71. The molecule has 0 aliphatic heterocycles. The van der Waals surface area contributed by atoms with E-state index in [0.29, 0.717) is 74.3 Å². The number of nitrogen functional groups attached to an aromatic ring is 3. The summed E-state index contributed by atoms with van der Waals surface area (Å²) in [4.78, 5) is 88.2. The summed E-state index contributed by atoms with van der Waals surface area (Å²) in [5.74, 6) is 0.403. The number of imidazole rings is 3. The molecule has 0 aliphatic carbocycles. The molecule has 0 unspecified atom stereocenters. The predicted octanol–water partition coefficient (Wildman–Crippen LogP) is 7.85. The zero-order chi connectivity index (χ0) is 65.7. The molecule has 6 aromatic heterocycles. The van der Waals surface area contributed by atoms with Crippen LogP contribution in [0.2, 0.25) is 0 Å². The summed E-state index contributed by atoms with van der Waals surface area (Å²) in [6, 6.07) is 42.5. The number of anilines is 6. The van der Waals surface area contributed by atoms with Gasteiger partial charge in [-0.1, -0.05) is 63.6 Å². The number of hydrogen-bond donors (Lipinski definition) is 8. The molecule has 12 rings (SSSR count). The van der Waals surface area contributed by atoms with Gasteiger partial charge in [-0.2, -0.15) is 0 Å². The molecule has 0 bridgehead atoms. The number of amides is 3. The lowest BCUT2D eigenvalue weighted by Gasteiger charge is -2.12. The van der Waals surface area contributed by atoms with Crippen LogP contribution in [0.1, 0.15) is 71.1 Å². The highest BCUT2D eigenvalue weighted by atomic mass is 16.6. The average Bonchev–Trinajstić information content (AvgIpc) is 1.66. The summed E-state index contributed by atoms with van der Waals surface area (Å²) >= 11 is 0. The molecule has 474 valence electrons. The van der Waals surface area contributed by atoms with E-state index in [0.717, 1.165) is 35.8 Å². The third-order valence-corrected chi connectivity index (χ3v) is 14.7. The van der Waals surface area contributed by atoms with Crippen LogP contribution in [0.25, 0.3) is 67.7 Å². The summed E-state index contributed by atoms with van der Waals surface area (Å²) in [5.41, 5.74) is 36.9. The maximum absolute atomic E-state index is 13.1. The Morgan fingerprint density at radius 3 is 1.08 bits per heavy atom. The summed E-state index contributed by atoms with van der Waals surface area (Å²) in [6.07, 6.45) is 2.61. The summed E-state index contributed by atoms with van der Waals surface area (Å²) in [5, 5.41) is 30.6. The number of carbonyl (C=O) groups is 6. The normalized spacial score (nSPS) is 11.4. The number of nitrogens with two attached hydrogens (primary N) is 5. The fourth-order valence-electron chi connectivity index (χ4n) is 9.71.